The van der Waals surface area contributed by atoms with Crippen molar-refractivity contribution in [2.45, 2.75) is 57.7 Å². The van der Waals surface area contributed by atoms with Crippen LogP contribution in [0.15, 0.2) is 36.0 Å². The number of halogens is 3. The Balaban J connectivity index is 2.16. The van der Waals surface area contributed by atoms with Crippen LogP contribution >= 0.6 is 0 Å². The van der Waals surface area contributed by atoms with Crippen molar-refractivity contribution in [3.8, 4) is 0 Å². The molecule has 1 aliphatic carbocycles. The molecular formula is C19H24F3NO2. The van der Waals surface area contributed by atoms with E-state index >= 15 is 0 Å². The normalized spacial score (nSPS) is 16.6. The van der Waals surface area contributed by atoms with Crippen LogP contribution in [-0.4, -0.2) is 12.5 Å². The molecular weight excluding hydrogens is 331 g/mol. The van der Waals surface area contributed by atoms with Gasteiger partial charge in [-0.3, -0.25) is 0 Å². The number of nitrogens with zero attached hydrogens (tertiary/aromatic N) is 1. The maximum Gasteiger partial charge on any atom is 0.416 e. The van der Waals surface area contributed by atoms with Crippen molar-refractivity contribution < 1.29 is 22.7 Å². The van der Waals surface area contributed by atoms with E-state index in [1.54, 1.807) is 19.1 Å². The average molecular weight is 355 g/mol. The molecule has 0 N–H and O–H groups in total. The first-order chi connectivity index (χ1) is 12.0. The number of alkyl halides is 3. The Morgan fingerprint density at radius 3 is 2.60 bits per heavy atom. The predicted octanol–water partition coefficient (Wildman–Crippen LogP) is 5.81. The Hall–Kier alpha value is -1.98. The third-order valence-corrected chi connectivity index (χ3v) is 4.32. The molecule has 0 bridgehead atoms. The lowest BCUT2D eigenvalue weighted by atomic mass is 9.81. The molecule has 2 rings (SSSR count). The summed E-state index contributed by atoms with van der Waals surface area (Å²) in [4.78, 5) is 5.10. The van der Waals surface area contributed by atoms with Crippen molar-refractivity contribution in [2.75, 3.05) is 6.61 Å². The van der Waals surface area contributed by atoms with Crippen LogP contribution < -0.4 is 0 Å². The molecule has 6 heteroatoms. The molecule has 3 nitrogen and oxygen atoms in total. The van der Waals surface area contributed by atoms with E-state index in [0.717, 1.165) is 32.1 Å². The fourth-order valence-corrected chi connectivity index (χ4v) is 3.15. The van der Waals surface area contributed by atoms with Gasteiger partial charge in [0, 0.05) is 0 Å². The van der Waals surface area contributed by atoms with Crippen molar-refractivity contribution in [3.05, 3.63) is 47.5 Å². The first-order valence-electron chi connectivity index (χ1n) is 8.61. The Morgan fingerprint density at radius 1 is 1.28 bits per heavy atom. The van der Waals surface area contributed by atoms with Crippen LogP contribution in [0.5, 0.6) is 0 Å². The number of rotatable bonds is 6. The van der Waals surface area contributed by atoms with Crippen LogP contribution in [0, 0.1) is 0 Å². The van der Waals surface area contributed by atoms with Gasteiger partial charge in [0.25, 0.3) is 0 Å². The van der Waals surface area contributed by atoms with E-state index in [2.05, 4.69) is 11.7 Å². The van der Waals surface area contributed by atoms with Gasteiger partial charge >= 0.3 is 6.18 Å². The molecule has 1 aromatic rings. The summed E-state index contributed by atoms with van der Waals surface area (Å²) in [5.41, 5.74) is 0.273. The van der Waals surface area contributed by atoms with E-state index in [9.17, 15) is 13.2 Å². The molecule has 25 heavy (non-hydrogen) atoms. The van der Waals surface area contributed by atoms with Crippen LogP contribution in [-0.2, 0) is 22.4 Å². The topological polar surface area (TPSA) is 30.8 Å². The van der Waals surface area contributed by atoms with Gasteiger partial charge in [0.2, 0.25) is 5.90 Å². The van der Waals surface area contributed by atoms with Gasteiger partial charge in [-0.05, 0) is 54.1 Å². The minimum Gasteiger partial charge on any atom is -0.476 e. The fraction of sp³-hybridized carbons (Fsp3) is 0.526. The molecule has 0 atom stereocenters. The molecule has 0 aliphatic heterocycles. The first-order valence-corrected chi connectivity index (χ1v) is 8.61. The van der Waals surface area contributed by atoms with E-state index in [0.29, 0.717) is 17.7 Å². The van der Waals surface area contributed by atoms with Gasteiger partial charge in [-0.15, -0.1) is 0 Å². The minimum atomic E-state index is -4.37. The van der Waals surface area contributed by atoms with E-state index < -0.39 is 11.7 Å². The highest BCUT2D eigenvalue weighted by molar-refractivity contribution is 5.86. The van der Waals surface area contributed by atoms with Crippen LogP contribution in [0.1, 0.15) is 61.6 Å². The van der Waals surface area contributed by atoms with Gasteiger partial charge in [-0.1, -0.05) is 38.0 Å². The van der Waals surface area contributed by atoms with Gasteiger partial charge < -0.3 is 9.57 Å². The fourth-order valence-electron chi connectivity index (χ4n) is 3.15. The highest BCUT2D eigenvalue weighted by Gasteiger charge is 2.35. The largest absolute Gasteiger partial charge is 0.476 e. The summed E-state index contributed by atoms with van der Waals surface area (Å²) in [5.74, 6) is 0.195. The molecule has 1 aliphatic rings. The van der Waals surface area contributed by atoms with Crippen LogP contribution in [0.2, 0.25) is 0 Å². The van der Waals surface area contributed by atoms with Crippen molar-refractivity contribution in [2.24, 2.45) is 5.16 Å². The quantitative estimate of drug-likeness (QED) is 0.366. The molecule has 1 fully saturated rings. The Morgan fingerprint density at radius 2 is 2.00 bits per heavy atom. The summed E-state index contributed by atoms with van der Waals surface area (Å²) in [7, 11) is 0. The zero-order valence-corrected chi connectivity index (χ0v) is 14.4. The molecule has 0 amide bonds. The SMILES string of the molecule is C=C/C(=N/OCc1ccc(C2CCCCC2)c(C(F)(F)F)c1)OCC. The Bertz CT molecular complexity index is 605. The van der Waals surface area contributed by atoms with Gasteiger partial charge in [0.05, 0.1) is 12.2 Å². The first kappa shape index (κ1) is 19.3. The number of oxime groups is 1. The number of hydrogen-bond donors (Lipinski definition) is 0. The summed E-state index contributed by atoms with van der Waals surface area (Å²) in [5, 5.41) is 3.73. The molecule has 0 unspecified atom stereocenters. The van der Waals surface area contributed by atoms with Crippen molar-refractivity contribution in [3.63, 3.8) is 0 Å². The van der Waals surface area contributed by atoms with Crippen LogP contribution in [0.3, 0.4) is 0 Å². The van der Waals surface area contributed by atoms with E-state index in [4.69, 9.17) is 9.57 Å². The smallest absolute Gasteiger partial charge is 0.416 e. The highest BCUT2D eigenvalue weighted by Crippen LogP contribution is 2.41. The second-order valence-corrected chi connectivity index (χ2v) is 6.09. The average Bonchev–Trinajstić information content (AvgIpc) is 2.61. The zero-order valence-electron chi connectivity index (χ0n) is 14.4. The van der Waals surface area contributed by atoms with E-state index in [1.807, 2.05) is 0 Å². The third kappa shape index (κ3) is 5.51. The third-order valence-electron chi connectivity index (χ3n) is 4.32. The van der Waals surface area contributed by atoms with Crippen molar-refractivity contribution in [1.29, 1.82) is 0 Å². The molecule has 0 heterocycles. The van der Waals surface area contributed by atoms with Crippen LogP contribution in [0.25, 0.3) is 0 Å². The molecule has 0 aromatic heterocycles. The molecule has 0 spiro atoms. The van der Waals surface area contributed by atoms with Gasteiger partial charge in [-0.25, -0.2) is 0 Å². The lowest BCUT2D eigenvalue weighted by molar-refractivity contribution is -0.138. The van der Waals surface area contributed by atoms with Gasteiger partial charge in [-0.2, -0.15) is 13.2 Å². The second-order valence-electron chi connectivity index (χ2n) is 6.09. The number of hydrogen-bond acceptors (Lipinski definition) is 3. The maximum atomic E-state index is 13.5. The number of benzene rings is 1. The molecule has 1 aromatic carbocycles. The summed E-state index contributed by atoms with van der Waals surface area (Å²) >= 11 is 0. The van der Waals surface area contributed by atoms with Gasteiger partial charge in [0.15, 0.2) is 0 Å². The number of ether oxygens (including phenoxy) is 1. The van der Waals surface area contributed by atoms with E-state index in [1.165, 1.54) is 12.1 Å². The summed E-state index contributed by atoms with van der Waals surface area (Å²) < 4.78 is 45.6. The zero-order chi connectivity index (χ0) is 18.3. The molecule has 0 radical (unpaired) electrons. The summed E-state index contributed by atoms with van der Waals surface area (Å²) in [6.07, 6.45) is 1.74. The lowest BCUT2D eigenvalue weighted by Crippen LogP contribution is -2.15. The molecule has 0 saturated heterocycles. The standard InChI is InChI=1S/C19H24F3NO2/c1-3-18(24-4-2)23-25-13-14-10-11-16(15-8-6-5-7-9-15)17(12-14)19(20,21)22/h3,10-12,15H,1,4-9,13H2,2H3/b23-18-. The monoisotopic (exact) mass is 355 g/mol. The molecule has 138 valence electrons. The van der Waals surface area contributed by atoms with Crippen LogP contribution in [0.4, 0.5) is 13.2 Å². The van der Waals surface area contributed by atoms with Crippen molar-refractivity contribution in [1.82, 2.24) is 0 Å². The summed E-state index contributed by atoms with van der Waals surface area (Å²) in [6.45, 7) is 5.67. The van der Waals surface area contributed by atoms with E-state index in [-0.39, 0.29) is 18.4 Å². The Labute approximate surface area is 146 Å². The molecule has 1 saturated carbocycles. The van der Waals surface area contributed by atoms with Gasteiger partial charge in [0.1, 0.15) is 6.61 Å². The lowest BCUT2D eigenvalue weighted by Gasteiger charge is -2.25. The van der Waals surface area contributed by atoms with Crippen molar-refractivity contribution >= 4 is 5.90 Å². The highest BCUT2D eigenvalue weighted by atomic mass is 19.4. The second kappa shape index (κ2) is 8.92. The summed E-state index contributed by atoms with van der Waals surface area (Å²) in [6, 6.07) is 4.45. The minimum absolute atomic E-state index is 0.0105. The Kier molecular flexibility index (Phi) is 6.91. The maximum absolute atomic E-state index is 13.5. The predicted molar refractivity (Wildman–Crippen MR) is 91.3 cm³/mol.